The van der Waals surface area contributed by atoms with Crippen LogP contribution in [0, 0.1) is 0 Å². The van der Waals surface area contributed by atoms with E-state index in [0.717, 1.165) is 64.7 Å². The van der Waals surface area contributed by atoms with Crippen molar-refractivity contribution >= 4 is 5.91 Å². The lowest BCUT2D eigenvalue weighted by Gasteiger charge is -2.38. The number of carbonyl (C=O) groups excluding carboxylic acids is 1. The average molecular weight is 266 g/mol. The van der Waals surface area contributed by atoms with Crippen molar-refractivity contribution in [3.8, 4) is 0 Å². The Bertz CT molecular complexity index is 319. The van der Waals surface area contributed by atoms with Gasteiger partial charge in [-0.25, -0.2) is 0 Å². The Labute approximate surface area is 116 Å². The molecule has 2 fully saturated rings. The van der Waals surface area contributed by atoms with E-state index in [-0.39, 0.29) is 6.10 Å². The first-order valence-electron chi connectivity index (χ1n) is 7.51. The second kappa shape index (κ2) is 7.06. The van der Waals surface area contributed by atoms with Crippen LogP contribution in [0.2, 0.25) is 0 Å². The third kappa shape index (κ3) is 4.05. The fourth-order valence-corrected chi connectivity index (χ4v) is 3.21. The molecule has 2 aliphatic heterocycles. The van der Waals surface area contributed by atoms with Crippen molar-refractivity contribution < 1.29 is 9.90 Å². The molecule has 0 saturated carbocycles. The number of carbonyl (C=O) groups is 1. The maximum Gasteiger partial charge on any atom is 0.222 e. The van der Waals surface area contributed by atoms with Gasteiger partial charge in [0, 0.05) is 32.1 Å². The molecule has 1 N–H and O–H groups in total. The summed E-state index contributed by atoms with van der Waals surface area (Å²) in [6.45, 7) is 7.31. The molecule has 2 rings (SSSR count). The first-order chi connectivity index (χ1) is 9.20. The van der Waals surface area contributed by atoms with Crippen molar-refractivity contribution in [2.24, 2.45) is 0 Å². The van der Waals surface area contributed by atoms with Crippen molar-refractivity contribution in [3.63, 3.8) is 0 Å². The zero-order valence-corrected chi connectivity index (χ0v) is 11.8. The van der Waals surface area contributed by atoms with Gasteiger partial charge in [0.05, 0.1) is 6.10 Å². The van der Waals surface area contributed by atoms with Gasteiger partial charge in [-0.05, 0) is 38.6 Å². The van der Waals surface area contributed by atoms with Crippen molar-refractivity contribution in [3.05, 3.63) is 12.7 Å². The molecule has 2 saturated heterocycles. The van der Waals surface area contributed by atoms with Gasteiger partial charge in [-0.15, -0.1) is 6.58 Å². The van der Waals surface area contributed by atoms with Gasteiger partial charge < -0.3 is 10.0 Å². The predicted molar refractivity (Wildman–Crippen MR) is 75.8 cm³/mol. The standard InChI is InChI=1S/C15H26N2O2/c1-2-3-7-14(18)12-16-9-4-6-13(11-16)17-10-5-8-15(17)19/h2,13-14,18H,1,3-12H2. The average Bonchev–Trinajstić information content (AvgIpc) is 2.83. The molecule has 0 spiro atoms. The second-order valence-corrected chi connectivity index (χ2v) is 5.77. The Morgan fingerprint density at radius 2 is 2.26 bits per heavy atom. The van der Waals surface area contributed by atoms with Crippen LogP contribution in [0.15, 0.2) is 12.7 Å². The summed E-state index contributed by atoms with van der Waals surface area (Å²) in [5, 5.41) is 9.97. The number of β-amino-alcohol motifs (C(OH)–C–C–N with tert-alkyl or cyclic N) is 1. The molecule has 2 aliphatic rings. The summed E-state index contributed by atoms with van der Waals surface area (Å²) in [5.74, 6) is 0.319. The quantitative estimate of drug-likeness (QED) is 0.739. The van der Waals surface area contributed by atoms with E-state index < -0.39 is 0 Å². The first-order valence-corrected chi connectivity index (χ1v) is 7.51. The number of hydrogen-bond donors (Lipinski definition) is 1. The lowest BCUT2D eigenvalue weighted by atomic mass is 10.0. The van der Waals surface area contributed by atoms with Crippen LogP contribution >= 0.6 is 0 Å². The van der Waals surface area contributed by atoms with E-state index in [4.69, 9.17) is 0 Å². The van der Waals surface area contributed by atoms with E-state index in [1.165, 1.54) is 0 Å². The topological polar surface area (TPSA) is 43.8 Å². The van der Waals surface area contributed by atoms with Gasteiger partial charge in [0.1, 0.15) is 0 Å². The van der Waals surface area contributed by atoms with Crippen LogP contribution in [0.25, 0.3) is 0 Å². The Kier molecular flexibility index (Phi) is 5.40. The molecule has 4 heteroatoms. The second-order valence-electron chi connectivity index (χ2n) is 5.77. The van der Waals surface area contributed by atoms with Crippen LogP contribution in [0.4, 0.5) is 0 Å². The fourth-order valence-electron chi connectivity index (χ4n) is 3.21. The molecule has 19 heavy (non-hydrogen) atoms. The Hall–Kier alpha value is -0.870. The van der Waals surface area contributed by atoms with E-state index in [9.17, 15) is 9.90 Å². The summed E-state index contributed by atoms with van der Waals surface area (Å²) in [5.41, 5.74) is 0. The zero-order valence-electron chi connectivity index (χ0n) is 11.8. The molecule has 4 nitrogen and oxygen atoms in total. The molecular weight excluding hydrogens is 240 g/mol. The highest BCUT2D eigenvalue weighted by molar-refractivity contribution is 5.78. The van der Waals surface area contributed by atoms with Gasteiger partial charge in [-0.3, -0.25) is 9.69 Å². The lowest BCUT2D eigenvalue weighted by Crippen LogP contribution is -2.50. The highest BCUT2D eigenvalue weighted by Crippen LogP contribution is 2.21. The number of allylic oxidation sites excluding steroid dienone is 1. The molecule has 0 bridgehead atoms. The van der Waals surface area contributed by atoms with Gasteiger partial charge >= 0.3 is 0 Å². The number of piperidine rings is 1. The summed E-state index contributed by atoms with van der Waals surface area (Å²) >= 11 is 0. The molecule has 2 heterocycles. The molecule has 0 aromatic heterocycles. The Morgan fingerprint density at radius 1 is 1.42 bits per heavy atom. The van der Waals surface area contributed by atoms with Crippen LogP contribution < -0.4 is 0 Å². The Morgan fingerprint density at radius 3 is 2.95 bits per heavy atom. The van der Waals surface area contributed by atoms with Crippen LogP contribution in [0.3, 0.4) is 0 Å². The predicted octanol–water partition coefficient (Wildman–Crippen LogP) is 1.40. The summed E-state index contributed by atoms with van der Waals surface area (Å²) in [6.07, 6.45) is 7.20. The van der Waals surface area contributed by atoms with E-state index in [2.05, 4.69) is 16.4 Å². The van der Waals surface area contributed by atoms with Crippen molar-refractivity contribution in [1.82, 2.24) is 9.80 Å². The summed E-state index contributed by atoms with van der Waals surface area (Å²) in [4.78, 5) is 16.2. The smallest absolute Gasteiger partial charge is 0.222 e. The largest absolute Gasteiger partial charge is 0.392 e. The minimum atomic E-state index is -0.272. The molecule has 1 amide bonds. The summed E-state index contributed by atoms with van der Waals surface area (Å²) in [7, 11) is 0. The van der Waals surface area contributed by atoms with E-state index in [1.54, 1.807) is 0 Å². The zero-order chi connectivity index (χ0) is 13.7. The normalized spacial score (nSPS) is 26.7. The van der Waals surface area contributed by atoms with E-state index >= 15 is 0 Å². The number of nitrogens with zero attached hydrogens (tertiary/aromatic N) is 2. The molecule has 0 aromatic rings. The monoisotopic (exact) mass is 266 g/mol. The third-order valence-corrected chi connectivity index (χ3v) is 4.20. The number of aliphatic hydroxyl groups is 1. The molecule has 0 radical (unpaired) electrons. The van der Waals surface area contributed by atoms with Gasteiger partial charge in [-0.2, -0.15) is 0 Å². The van der Waals surface area contributed by atoms with Crippen molar-refractivity contribution in [1.29, 1.82) is 0 Å². The summed E-state index contributed by atoms with van der Waals surface area (Å²) < 4.78 is 0. The molecular formula is C15H26N2O2. The van der Waals surface area contributed by atoms with Gasteiger partial charge in [-0.1, -0.05) is 6.08 Å². The van der Waals surface area contributed by atoms with Gasteiger partial charge in [0.15, 0.2) is 0 Å². The fraction of sp³-hybridized carbons (Fsp3) is 0.800. The van der Waals surface area contributed by atoms with Crippen molar-refractivity contribution in [2.45, 2.75) is 50.7 Å². The number of hydrogen-bond acceptors (Lipinski definition) is 3. The maximum atomic E-state index is 11.8. The molecule has 0 aromatic carbocycles. The van der Waals surface area contributed by atoms with Crippen LogP contribution in [-0.2, 0) is 4.79 Å². The van der Waals surface area contributed by atoms with Crippen molar-refractivity contribution in [2.75, 3.05) is 26.2 Å². The highest BCUT2D eigenvalue weighted by atomic mass is 16.3. The number of amides is 1. The minimum Gasteiger partial charge on any atom is -0.392 e. The molecule has 0 aliphatic carbocycles. The summed E-state index contributed by atoms with van der Waals surface area (Å²) in [6, 6.07) is 0.371. The van der Waals surface area contributed by atoms with Crippen LogP contribution in [-0.4, -0.2) is 59.1 Å². The van der Waals surface area contributed by atoms with E-state index in [1.807, 2.05) is 6.08 Å². The molecule has 2 atom stereocenters. The molecule has 108 valence electrons. The van der Waals surface area contributed by atoms with Crippen LogP contribution in [0.5, 0.6) is 0 Å². The third-order valence-electron chi connectivity index (χ3n) is 4.20. The lowest BCUT2D eigenvalue weighted by molar-refractivity contribution is -0.130. The van der Waals surface area contributed by atoms with E-state index in [0.29, 0.717) is 11.9 Å². The first kappa shape index (κ1) is 14.5. The minimum absolute atomic E-state index is 0.272. The Balaban J connectivity index is 1.79. The van der Waals surface area contributed by atoms with Gasteiger partial charge in [0.2, 0.25) is 5.91 Å². The van der Waals surface area contributed by atoms with Gasteiger partial charge in [0.25, 0.3) is 0 Å². The number of aliphatic hydroxyl groups excluding tert-OH is 1. The van der Waals surface area contributed by atoms with Crippen LogP contribution in [0.1, 0.15) is 38.5 Å². The number of likely N-dealkylation sites (tertiary alicyclic amines) is 2. The number of rotatable bonds is 6. The maximum absolute atomic E-state index is 11.8. The SMILES string of the molecule is C=CCCC(O)CN1CCCC(N2CCCC2=O)C1. The molecule has 2 unspecified atom stereocenters. The highest BCUT2D eigenvalue weighted by Gasteiger charge is 2.31.